The Balaban J connectivity index is 0.000000177. The van der Waals surface area contributed by atoms with E-state index in [1.165, 1.54) is 149 Å². The average Bonchev–Trinajstić information content (AvgIpc) is 4.16. The molecular formula is C71H99N7O2S2. The Bertz CT molecular complexity index is 2580. The Labute approximate surface area is 502 Å². The maximum absolute atomic E-state index is 9.00. The van der Waals surface area contributed by atoms with Gasteiger partial charge in [0, 0.05) is 32.2 Å². The highest BCUT2D eigenvalue weighted by Crippen LogP contribution is 2.36. The van der Waals surface area contributed by atoms with Crippen LogP contribution in [0.4, 0.5) is 10.8 Å². The molecule has 442 valence electrons. The second-order valence-electron chi connectivity index (χ2n) is 21.4. The number of carboxylic acids is 1. The van der Waals surface area contributed by atoms with Crippen molar-refractivity contribution in [2.45, 2.75) is 113 Å². The summed E-state index contributed by atoms with van der Waals surface area (Å²) in [6.45, 7) is 27.3. The number of aromatic nitrogens is 2. The van der Waals surface area contributed by atoms with Crippen LogP contribution in [0.2, 0.25) is 0 Å². The summed E-state index contributed by atoms with van der Waals surface area (Å²) in [5.41, 5.74) is 18.4. The Kier molecular flexibility index (Phi) is 31.0. The number of aryl methyl sites for hydroxylation is 1. The molecule has 9 saturated heterocycles. The predicted molar refractivity (Wildman–Crippen MR) is 355 cm³/mol. The Morgan fingerprint density at radius 1 is 0.451 bits per heavy atom. The first-order chi connectivity index (χ1) is 40.1. The highest BCUT2D eigenvalue weighted by molar-refractivity contribution is 7.22. The first-order valence-corrected chi connectivity index (χ1v) is 32.5. The number of carbonyl (C=O) groups is 1. The summed E-state index contributed by atoms with van der Waals surface area (Å²) in [5, 5.41) is 9.20. The minimum absolute atomic E-state index is 0.640. The van der Waals surface area contributed by atoms with Gasteiger partial charge in [-0.1, -0.05) is 186 Å². The Hall–Kier alpha value is -5.95. The van der Waals surface area contributed by atoms with Crippen molar-refractivity contribution in [2.24, 2.45) is 35.5 Å². The summed E-state index contributed by atoms with van der Waals surface area (Å²) in [5.74, 6) is 4.97. The Morgan fingerprint density at radius 2 is 0.732 bits per heavy atom. The van der Waals surface area contributed by atoms with Crippen LogP contribution in [-0.4, -0.2) is 94.6 Å². The van der Waals surface area contributed by atoms with Crippen molar-refractivity contribution in [1.82, 2.24) is 24.7 Å². The molecule has 0 radical (unpaired) electrons. The second kappa shape index (κ2) is 38.0. The number of carboxylic acid groups (broad SMARTS) is 1. The lowest BCUT2D eigenvalue weighted by Gasteiger charge is -2.45. The van der Waals surface area contributed by atoms with Crippen molar-refractivity contribution in [2.75, 3.05) is 70.4 Å². The van der Waals surface area contributed by atoms with Gasteiger partial charge in [0.15, 0.2) is 5.13 Å². The molecule has 5 N–H and O–H groups in total. The smallest absolute Gasteiger partial charge is 0.300 e. The number of thiazole rings is 2. The van der Waals surface area contributed by atoms with Gasteiger partial charge in [-0.15, -0.1) is 11.3 Å². The molecule has 11 heteroatoms. The number of aliphatic carboxylic acids is 1. The molecule has 2 aromatic heterocycles. The van der Waals surface area contributed by atoms with E-state index in [1.54, 1.807) is 11.3 Å². The van der Waals surface area contributed by atoms with E-state index in [2.05, 4.69) is 122 Å². The largest absolute Gasteiger partial charge is 0.481 e. The van der Waals surface area contributed by atoms with Crippen LogP contribution in [0.5, 0.6) is 0 Å². The van der Waals surface area contributed by atoms with Crippen LogP contribution in [0.3, 0.4) is 0 Å². The molecule has 0 unspecified atom stereocenters. The van der Waals surface area contributed by atoms with Crippen LogP contribution in [0.1, 0.15) is 109 Å². The fraction of sp³-hybridized carbons (Fsp3) is 0.451. The lowest BCUT2D eigenvalue weighted by molar-refractivity contribution is -0.134. The normalized spacial score (nSPS) is 22.6. The van der Waals surface area contributed by atoms with Crippen molar-refractivity contribution < 1.29 is 9.90 Å². The minimum Gasteiger partial charge on any atom is -0.481 e. The molecule has 6 bridgehead atoms. The number of benzene rings is 6. The number of nitrogens with zero attached hydrogens (tertiary/aromatic N) is 5. The van der Waals surface area contributed by atoms with Crippen molar-refractivity contribution in [1.29, 1.82) is 0 Å². The molecule has 0 aliphatic carbocycles. The third kappa shape index (κ3) is 23.4. The standard InChI is InChI=1S/3C14H19N.C8H7NS.C7H6N2S.C6H7N.C2H4O2.3C2H6/c3*1-2-4-12(5-3-1)10-14-11-15-8-6-13(14)7-9-15;1-6-9-7-4-2-3-5-8(7)10-6;8-7-9-5-3-1-2-4-6(5)10-7;7-6-4-2-1-3-5-6;1-2(3)4;3*1-2/h3*1-5,13-14H,6-11H2;2-5H,1H3;1-4H,(H2,8,9);1-5H,7H2;1H3,(H,3,4);3*1-2H3/t3*14-;;;;;;;/m000......./s1. The van der Waals surface area contributed by atoms with E-state index < -0.39 is 5.97 Å². The van der Waals surface area contributed by atoms with Crippen LogP contribution < -0.4 is 11.5 Å². The zero-order valence-electron chi connectivity index (χ0n) is 50.9. The number of fused-ring (bicyclic) bond motifs is 11. The van der Waals surface area contributed by atoms with Crippen LogP contribution in [-0.2, 0) is 24.1 Å². The summed E-state index contributed by atoms with van der Waals surface area (Å²) >= 11 is 3.26. The van der Waals surface area contributed by atoms with Gasteiger partial charge in [-0.25, -0.2) is 9.97 Å². The van der Waals surface area contributed by atoms with Gasteiger partial charge in [-0.05, 0) is 193 Å². The molecule has 3 atom stereocenters. The number of piperidine rings is 9. The SMILES string of the molecule is CC.CC.CC.CC(=O)O.Cc1nc2ccccc2s1.Nc1ccccc1.Nc1nc2ccccc2s1.c1ccc(C[C@H]2CN3CCC2CC3)cc1.c1ccc(C[C@H]2CN3CCC2CC3)cc1.c1ccc(C[C@H]2CN3CCC2CC3)cc1. The van der Waals surface area contributed by atoms with Gasteiger partial charge in [0.1, 0.15) is 0 Å². The monoisotopic (exact) mass is 1150 g/mol. The van der Waals surface area contributed by atoms with E-state index in [4.69, 9.17) is 21.4 Å². The van der Waals surface area contributed by atoms with Crippen molar-refractivity contribution in [3.63, 3.8) is 0 Å². The molecule has 9 fully saturated rings. The molecule has 0 amide bonds. The van der Waals surface area contributed by atoms with E-state index in [0.29, 0.717) is 5.13 Å². The number of anilines is 2. The molecule has 8 aromatic rings. The van der Waals surface area contributed by atoms with Gasteiger partial charge < -0.3 is 31.3 Å². The zero-order valence-corrected chi connectivity index (χ0v) is 52.6. The maximum atomic E-state index is 9.00. The molecule has 9 aliphatic rings. The number of hydrogen-bond acceptors (Lipinski definition) is 10. The van der Waals surface area contributed by atoms with E-state index in [-0.39, 0.29) is 0 Å². The minimum atomic E-state index is -0.833. The fourth-order valence-electron chi connectivity index (χ4n) is 12.0. The highest BCUT2D eigenvalue weighted by atomic mass is 32.1. The van der Waals surface area contributed by atoms with E-state index in [9.17, 15) is 0 Å². The third-order valence-corrected chi connectivity index (χ3v) is 17.7. The summed E-state index contributed by atoms with van der Waals surface area (Å²) in [6, 6.07) is 58.6. The summed E-state index contributed by atoms with van der Waals surface area (Å²) in [6.07, 6.45) is 12.5. The summed E-state index contributed by atoms with van der Waals surface area (Å²) < 4.78 is 2.43. The molecule has 82 heavy (non-hydrogen) atoms. The number of para-hydroxylation sites is 3. The van der Waals surface area contributed by atoms with Crippen molar-refractivity contribution in [3.05, 3.63) is 192 Å². The second-order valence-corrected chi connectivity index (χ2v) is 23.7. The van der Waals surface area contributed by atoms with Crippen molar-refractivity contribution >= 4 is 59.9 Å². The van der Waals surface area contributed by atoms with Crippen LogP contribution in [0.15, 0.2) is 170 Å². The fourth-order valence-corrected chi connectivity index (χ4v) is 13.6. The summed E-state index contributed by atoms with van der Waals surface area (Å²) in [4.78, 5) is 25.4. The molecule has 9 aliphatic heterocycles. The van der Waals surface area contributed by atoms with E-state index in [0.717, 1.165) is 68.9 Å². The number of hydrogen-bond donors (Lipinski definition) is 3. The molecular weight excluding hydrogens is 1050 g/mol. The number of nitrogen functional groups attached to an aromatic ring is 2. The molecule has 6 aromatic carbocycles. The molecule has 11 heterocycles. The molecule has 9 nitrogen and oxygen atoms in total. The lowest BCUT2D eigenvalue weighted by Crippen LogP contribution is -2.48. The highest BCUT2D eigenvalue weighted by Gasteiger charge is 2.35. The first-order valence-electron chi connectivity index (χ1n) is 30.8. The first kappa shape index (κ1) is 66.8. The van der Waals surface area contributed by atoms with Crippen LogP contribution >= 0.6 is 22.7 Å². The van der Waals surface area contributed by atoms with E-state index in [1.807, 2.05) is 121 Å². The van der Waals surface area contributed by atoms with Crippen LogP contribution in [0.25, 0.3) is 20.4 Å². The van der Waals surface area contributed by atoms with Gasteiger partial charge in [0.25, 0.3) is 5.97 Å². The third-order valence-electron chi connectivity index (χ3n) is 15.9. The van der Waals surface area contributed by atoms with Gasteiger partial charge >= 0.3 is 0 Å². The molecule has 17 rings (SSSR count). The maximum Gasteiger partial charge on any atom is 0.300 e. The van der Waals surface area contributed by atoms with Crippen LogP contribution in [0, 0.1) is 42.4 Å². The Morgan fingerprint density at radius 3 is 1.00 bits per heavy atom. The van der Waals surface area contributed by atoms with Gasteiger partial charge in [-0.3, -0.25) is 4.79 Å². The average molecular weight is 1150 g/mol. The number of rotatable bonds is 6. The summed E-state index contributed by atoms with van der Waals surface area (Å²) in [7, 11) is 0. The van der Waals surface area contributed by atoms with E-state index >= 15 is 0 Å². The van der Waals surface area contributed by atoms with Gasteiger partial charge in [0.2, 0.25) is 0 Å². The van der Waals surface area contributed by atoms with Gasteiger partial charge in [0.05, 0.1) is 25.4 Å². The molecule has 0 spiro atoms. The quantitative estimate of drug-likeness (QED) is 0.140. The topological polar surface area (TPSA) is 125 Å². The zero-order chi connectivity index (χ0) is 58.9. The van der Waals surface area contributed by atoms with Gasteiger partial charge in [-0.2, -0.15) is 0 Å². The molecule has 0 saturated carbocycles. The lowest BCUT2D eigenvalue weighted by atomic mass is 9.76. The predicted octanol–water partition coefficient (Wildman–Crippen LogP) is 16.6. The van der Waals surface area contributed by atoms with Crippen molar-refractivity contribution in [3.8, 4) is 0 Å². The number of nitrogens with two attached hydrogens (primary N) is 2.